The number of nitriles is 1. The molecular weight excluding hydrogens is 328 g/mol. The third-order valence-corrected chi connectivity index (χ3v) is 3.86. The van der Waals surface area contributed by atoms with E-state index in [0.717, 1.165) is 10.9 Å². The summed E-state index contributed by atoms with van der Waals surface area (Å²) >= 11 is 6.31. The number of benzene rings is 1. The molecule has 4 N–H and O–H groups in total. The first-order chi connectivity index (χ1) is 11.7. The third kappa shape index (κ3) is 2.15. The fraction of sp³-hybridized carbons (Fsp3) is 0. The zero-order valence-electron chi connectivity index (χ0n) is 12.1. The van der Waals surface area contributed by atoms with E-state index in [1.165, 1.54) is 0 Å². The highest BCUT2D eigenvalue weighted by Crippen LogP contribution is 2.33. The average Bonchev–Trinajstić information content (AvgIpc) is 3.26. The predicted octanol–water partition coefficient (Wildman–Crippen LogP) is 2.52. The van der Waals surface area contributed by atoms with Gasteiger partial charge in [-0.05, 0) is 18.2 Å². The number of nitrogen functional groups attached to an aromatic ring is 1. The van der Waals surface area contributed by atoms with Crippen molar-refractivity contribution in [1.29, 1.82) is 5.26 Å². The lowest BCUT2D eigenvalue weighted by molar-refractivity contribution is 1.08. The van der Waals surface area contributed by atoms with Crippen LogP contribution in [0.3, 0.4) is 0 Å². The molecule has 0 saturated carbocycles. The molecule has 4 rings (SSSR count). The molecule has 116 valence electrons. The zero-order chi connectivity index (χ0) is 16.7. The van der Waals surface area contributed by atoms with Crippen molar-refractivity contribution in [2.24, 2.45) is 0 Å². The van der Waals surface area contributed by atoms with Crippen LogP contribution in [0.5, 0.6) is 0 Å². The van der Waals surface area contributed by atoms with Crippen molar-refractivity contribution in [3.63, 3.8) is 0 Å². The maximum absolute atomic E-state index is 9.21. The van der Waals surface area contributed by atoms with Crippen molar-refractivity contribution in [2.75, 3.05) is 5.73 Å². The normalized spacial score (nSPS) is 10.8. The van der Waals surface area contributed by atoms with Gasteiger partial charge in [0.05, 0.1) is 28.1 Å². The van der Waals surface area contributed by atoms with E-state index in [9.17, 15) is 5.26 Å². The van der Waals surface area contributed by atoms with Crippen molar-refractivity contribution in [1.82, 2.24) is 30.4 Å². The minimum Gasteiger partial charge on any atom is -0.381 e. The predicted molar refractivity (Wildman–Crippen MR) is 88.8 cm³/mol. The van der Waals surface area contributed by atoms with Gasteiger partial charge in [0.2, 0.25) is 0 Å². The quantitative estimate of drug-likeness (QED) is 0.515. The number of nitrogens with zero attached hydrogens (tertiary/aromatic N) is 5. The molecule has 4 aromatic rings. The first-order valence-corrected chi connectivity index (χ1v) is 7.25. The van der Waals surface area contributed by atoms with Crippen LogP contribution in [-0.2, 0) is 0 Å². The van der Waals surface area contributed by atoms with E-state index in [1.807, 2.05) is 12.1 Å². The second-order valence-electron chi connectivity index (χ2n) is 5.03. The summed E-state index contributed by atoms with van der Waals surface area (Å²) in [6.45, 7) is 0. The molecule has 0 amide bonds. The number of hydrogen-bond acceptors (Lipinski definition) is 6. The SMILES string of the molecule is N#Cc1nc(-c2cc(Cl)c3[nH]ncc3c2)c(-c2ccn[nH]2)nc1N. The van der Waals surface area contributed by atoms with Gasteiger partial charge in [-0.2, -0.15) is 15.5 Å². The fourth-order valence-electron chi connectivity index (χ4n) is 2.46. The molecule has 0 saturated heterocycles. The Kier molecular flexibility index (Phi) is 3.15. The summed E-state index contributed by atoms with van der Waals surface area (Å²) in [7, 11) is 0. The van der Waals surface area contributed by atoms with Gasteiger partial charge in [-0.3, -0.25) is 10.2 Å². The monoisotopic (exact) mass is 336 g/mol. The number of fused-ring (bicyclic) bond motifs is 1. The number of hydrogen-bond donors (Lipinski definition) is 3. The van der Waals surface area contributed by atoms with E-state index in [0.29, 0.717) is 27.7 Å². The van der Waals surface area contributed by atoms with Gasteiger partial charge in [-0.1, -0.05) is 11.6 Å². The largest absolute Gasteiger partial charge is 0.381 e. The number of H-pyrrole nitrogens is 2. The minimum atomic E-state index is 0.0525. The lowest BCUT2D eigenvalue weighted by Gasteiger charge is -2.09. The highest BCUT2D eigenvalue weighted by atomic mass is 35.5. The highest BCUT2D eigenvalue weighted by Gasteiger charge is 2.18. The fourth-order valence-corrected chi connectivity index (χ4v) is 2.73. The van der Waals surface area contributed by atoms with Gasteiger partial charge in [-0.15, -0.1) is 0 Å². The Morgan fingerprint density at radius 3 is 2.75 bits per heavy atom. The molecule has 3 aromatic heterocycles. The van der Waals surface area contributed by atoms with Gasteiger partial charge < -0.3 is 5.73 Å². The second-order valence-corrected chi connectivity index (χ2v) is 5.44. The molecule has 0 spiro atoms. The first-order valence-electron chi connectivity index (χ1n) is 6.87. The zero-order valence-corrected chi connectivity index (χ0v) is 12.8. The lowest BCUT2D eigenvalue weighted by Crippen LogP contribution is -2.03. The summed E-state index contributed by atoms with van der Waals surface area (Å²) in [5.74, 6) is 0.0568. The van der Waals surface area contributed by atoms with E-state index in [1.54, 1.807) is 24.5 Å². The van der Waals surface area contributed by atoms with E-state index >= 15 is 0 Å². The number of halogens is 1. The Balaban J connectivity index is 2.03. The van der Waals surface area contributed by atoms with Crippen LogP contribution in [0, 0.1) is 11.3 Å². The molecule has 3 heterocycles. The maximum Gasteiger partial charge on any atom is 0.183 e. The van der Waals surface area contributed by atoms with Crippen LogP contribution >= 0.6 is 11.6 Å². The van der Waals surface area contributed by atoms with Crippen LogP contribution in [-0.4, -0.2) is 30.4 Å². The molecule has 9 heteroatoms. The van der Waals surface area contributed by atoms with Gasteiger partial charge in [0.15, 0.2) is 11.5 Å². The standard InChI is InChI=1S/C15H9ClN8/c16-9-4-7(3-8-6-20-24-12(8)9)13-14(10-1-2-19-23-10)22-15(18)11(5-17)21-13/h1-4,6H,(H2,18,22)(H,19,23)(H,20,24). The molecule has 1 aromatic carbocycles. The molecule has 8 nitrogen and oxygen atoms in total. The Hall–Kier alpha value is -3.44. The summed E-state index contributed by atoms with van der Waals surface area (Å²) in [6.07, 6.45) is 3.26. The lowest BCUT2D eigenvalue weighted by atomic mass is 10.1. The number of nitrogens with one attached hydrogen (secondary N) is 2. The summed E-state index contributed by atoms with van der Waals surface area (Å²) in [4.78, 5) is 8.68. The summed E-state index contributed by atoms with van der Waals surface area (Å²) in [5, 5.41) is 24.1. The van der Waals surface area contributed by atoms with E-state index < -0.39 is 0 Å². The van der Waals surface area contributed by atoms with Crippen LogP contribution in [0.25, 0.3) is 33.5 Å². The number of aromatic nitrogens is 6. The minimum absolute atomic E-state index is 0.0525. The summed E-state index contributed by atoms with van der Waals surface area (Å²) < 4.78 is 0. The van der Waals surface area contributed by atoms with Crippen LogP contribution < -0.4 is 5.73 Å². The van der Waals surface area contributed by atoms with Crippen LogP contribution in [0.1, 0.15) is 5.69 Å². The molecule has 0 unspecified atom stereocenters. The Bertz CT molecular complexity index is 1090. The van der Waals surface area contributed by atoms with Crippen molar-refractivity contribution in [3.05, 3.63) is 41.3 Å². The average molecular weight is 337 g/mol. The number of anilines is 1. The van der Waals surface area contributed by atoms with Crippen molar-refractivity contribution >= 4 is 28.3 Å². The Morgan fingerprint density at radius 1 is 1.12 bits per heavy atom. The molecule has 0 aliphatic carbocycles. The molecule has 0 bridgehead atoms. The molecule has 0 aliphatic heterocycles. The molecule has 0 aliphatic rings. The van der Waals surface area contributed by atoms with Gasteiger partial charge in [0.1, 0.15) is 11.8 Å². The van der Waals surface area contributed by atoms with Gasteiger partial charge in [0.25, 0.3) is 0 Å². The van der Waals surface area contributed by atoms with Crippen LogP contribution in [0.2, 0.25) is 5.02 Å². The van der Waals surface area contributed by atoms with Crippen molar-refractivity contribution < 1.29 is 0 Å². The second kappa shape index (κ2) is 5.33. The maximum atomic E-state index is 9.21. The Morgan fingerprint density at radius 2 is 2.00 bits per heavy atom. The van der Waals surface area contributed by atoms with Crippen LogP contribution in [0.15, 0.2) is 30.6 Å². The number of aromatic amines is 2. The molecule has 0 atom stereocenters. The van der Waals surface area contributed by atoms with Crippen molar-refractivity contribution in [3.8, 4) is 28.7 Å². The van der Waals surface area contributed by atoms with Gasteiger partial charge in [-0.25, -0.2) is 9.97 Å². The third-order valence-electron chi connectivity index (χ3n) is 3.56. The topological polar surface area (TPSA) is 133 Å². The smallest absolute Gasteiger partial charge is 0.183 e. The van der Waals surface area contributed by atoms with Gasteiger partial charge >= 0.3 is 0 Å². The molecule has 0 radical (unpaired) electrons. The van der Waals surface area contributed by atoms with Crippen LogP contribution in [0.4, 0.5) is 5.82 Å². The Labute approximate surface area is 140 Å². The number of rotatable bonds is 2. The highest BCUT2D eigenvalue weighted by molar-refractivity contribution is 6.35. The number of nitrogens with two attached hydrogens (primary N) is 1. The molecular formula is C15H9ClN8. The first kappa shape index (κ1) is 14.2. The van der Waals surface area contributed by atoms with Gasteiger partial charge in [0, 0.05) is 17.1 Å². The van der Waals surface area contributed by atoms with E-state index in [4.69, 9.17) is 17.3 Å². The molecule has 24 heavy (non-hydrogen) atoms. The summed E-state index contributed by atoms with van der Waals surface area (Å²) in [6, 6.07) is 7.30. The van der Waals surface area contributed by atoms with Crippen molar-refractivity contribution in [2.45, 2.75) is 0 Å². The van der Waals surface area contributed by atoms with E-state index in [-0.39, 0.29) is 11.5 Å². The molecule has 0 fully saturated rings. The summed E-state index contributed by atoms with van der Waals surface area (Å²) in [5.41, 5.74) is 8.90. The van der Waals surface area contributed by atoms with E-state index in [2.05, 4.69) is 30.4 Å².